The number of primary sulfonamides is 1. The molecule has 1 atom stereocenters. The van der Waals surface area contributed by atoms with Crippen LogP contribution < -0.4 is 5.14 Å². The molecule has 1 aliphatic rings. The molecule has 122 valence electrons. The summed E-state index contributed by atoms with van der Waals surface area (Å²) in [4.78, 5) is 5.88. The number of halogens is 1. The fourth-order valence-corrected chi connectivity index (χ4v) is 4.50. The standard InChI is InChI=1S/C13H18ClN3O3S2/c1-8(2)16-12-17(3)13(18,7-21-12)9-4-5-10(14)11(6-9)22(15,19)20/h4-6,8,18H,7H2,1-3H3,(H2,15,19,20). The summed E-state index contributed by atoms with van der Waals surface area (Å²) in [5.41, 5.74) is -0.951. The highest BCUT2D eigenvalue weighted by atomic mass is 35.5. The Kier molecular flexibility index (Phi) is 4.79. The Morgan fingerprint density at radius 3 is 2.68 bits per heavy atom. The van der Waals surface area contributed by atoms with E-state index in [4.69, 9.17) is 16.7 Å². The number of aliphatic hydroxyl groups is 1. The van der Waals surface area contributed by atoms with Crippen LogP contribution in [-0.4, -0.2) is 42.4 Å². The second kappa shape index (κ2) is 6.01. The normalized spacial score (nSPS) is 24.5. The Morgan fingerprint density at radius 1 is 1.50 bits per heavy atom. The molecule has 1 unspecified atom stereocenters. The number of sulfonamides is 1. The van der Waals surface area contributed by atoms with Crippen molar-refractivity contribution >= 4 is 38.6 Å². The summed E-state index contributed by atoms with van der Waals surface area (Å²) in [5, 5.41) is 16.8. The number of aliphatic imine (C=N–C) groups is 1. The van der Waals surface area contributed by atoms with Gasteiger partial charge in [0, 0.05) is 18.7 Å². The molecule has 0 aromatic heterocycles. The fourth-order valence-electron chi connectivity index (χ4n) is 2.11. The number of amidine groups is 1. The minimum atomic E-state index is -3.96. The van der Waals surface area contributed by atoms with Crippen molar-refractivity contribution in [2.75, 3.05) is 12.8 Å². The van der Waals surface area contributed by atoms with Crippen LogP contribution in [0.15, 0.2) is 28.1 Å². The van der Waals surface area contributed by atoms with Crippen LogP contribution in [0.4, 0.5) is 0 Å². The van der Waals surface area contributed by atoms with E-state index in [0.717, 1.165) is 0 Å². The van der Waals surface area contributed by atoms with E-state index in [0.29, 0.717) is 16.5 Å². The first kappa shape index (κ1) is 17.6. The van der Waals surface area contributed by atoms with Crippen molar-refractivity contribution < 1.29 is 13.5 Å². The van der Waals surface area contributed by atoms with Crippen molar-refractivity contribution in [1.29, 1.82) is 0 Å². The smallest absolute Gasteiger partial charge is 0.239 e. The Hall–Kier alpha value is -0.800. The summed E-state index contributed by atoms with van der Waals surface area (Å²) < 4.78 is 23.2. The van der Waals surface area contributed by atoms with Crippen LogP contribution in [0.3, 0.4) is 0 Å². The van der Waals surface area contributed by atoms with Gasteiger partial charge in [-0.3, -0.25) is 4.99 Å². The number of thioether (sulfide) groups is 1. The zero-order valence-electron chi connectivity index (χ0n) is 12.4. The van der Waals surface area contributed by atoms with E-state index < -0.39 is 15.7 Å². The second-order valence-corrected chi connectivity index (χ2v) is 8.24. The molecule has 1 aliphatic heterocycles. The van der Waals surface area contributed by atoms with Crippen molar-refractivity contribution in [2.24, 2.45) is 10.1 Å². The highest BCUT2D eigenvalue weighted by Crippen LogP contribution is 2.39. The van der Waals surface area contributed by atoms with E-state index in [1.54, 1.807) is 18.0 Å². The molecule has 0 spiro atoms. The molecule has 0 aliphatic carbocycles. The molecule has 1 heterocycles. The van der Waals surface area contributed by atoms with Gasteiger partial charge in [0.15, 0.2) is 10.9 Å². The number of rotatable bonds is 3. The molecule has 9 heteroatoms. The van der Waals surface area contributed by atoms with Gasteiger partial charge in [-0.05, 0) is 26.0 Å². The first-order valence-corrected chi connectivity index (χ1v) is 9.46. The van der Waals surface area contributed by atoms with Gasteiger partial charge in [-0.1, -0.05) is 29.4 Å². The average Bonchev–Trinajstić information content (AvgIpc) is 2.67. The monoisotopic (exact) mass is 363 g/mol. The number of hydrogen-bond donors (Lipinski definition) is 2. The molecule has 1 aromatic rings. The van der Waals surface area contributed by atoms with Crippen molar-refractivity contribution in [2.45, 2.75) is 30.5 Å². The van der Waals surface area contributed by atoms with E-state index in [-0.39, 0.29) is 16.0 Å². The van der Waals surface area contributed by atoms with Crippen LogP contribution in [0.2, 0.25) is 5.02 Å². The molecule has 1 fully saturated rings. The zero-order chi connectivity index (χ0) is 16.7. The Bertz CT molecular complexity index is 721. The van der Waals surface area contributed by atoms with Gasteiger partial charge in [0.1, 0.15) is 4.90 Å². The molecular weight excluding hydrogens is 346 g/mol. The summed E-state index contributed by atoms with van der Waals surface area (Å²) in [6.45, 7) is 3.89. The number of benzene rings is 1. The average molecular weight is 364 g/mol. The predicted molar refractivity (Wildman–Crippen MR) is 89.5 cm³/mol. The van der Waals surface area contributed by atoms with Gasteiger partial charge in [0.05, 0.1) is 10.8 Å². The summed E-state index contributed by atoms with van der Waals surface area (Å²) in [7, 11) is -2.25. The van der Waals surface area contributed by atoms with Crippen molar-refractivity contribution in [3.63, 3.8) is 0 Å². The SMILES string of the molecule is CC(C)N=C1SCC(O)(c2ccc(Cl)c(S(N)(=O)=O)c2)N1C. The molecule has 0 bridgehead atoms. The third-order valence-electron chi connectivity index (χ3n) is 3.31. The molecular formula is C13H18ClN3O3S2. The molecule has 3 N–H and O–H groups in total. The quantitative estimate of drug-likeness (QED) is 0.849. The Balaban J connectivity index is 2.49. The molecule has 1 aromatic carbocycles. The lowest BCUT2D eigenvalue weighted by molar-refractivity contribution is -0.0350. The lowest BCUT2D eigenvalue weighted by atomic mass is 10.0. The molecule has 0 radical (unpaired) electrons. The minimum Gasteiger partial charge on any atom is -0.366 e. The van der Waals surface area contributed by atoms with Crippen LogP contribution >= 0.6 is 23.4 Å². The number of hydrogen-bond acceptors (Lipinski definition) is 5. The molecule has 0 saturated carbocycles. The van der Waals surface area contributed by atoms with Crippen molar-refractivity contribution in [3.05, 3.63) is 28.8 Å². The van der Waals surface area contributed by atoms with E-state index in [1.807, 2.05) is 13.8 Å². The Morgan fingerprint density at radius 2 is 2.14 bits per heavy atom. The molecule has 22 heavy (non-hydrogen) atoms. The lowest BCUT2D eigenvalue weighted by Crippen LogP contribution is -2.42. The van der Waals surface area contributed by atoms with Gasteiger partial charge in [-0.15, -0.1) is 0 Å². The second-order valence-electron chi connectivity index (χ2n) is 5.36. The third kappa shape index (κ3) is 3.26. The number of nitrogens with zero attached hydrogens (tertiary/aromatic N) is 2. The maximum Gasteiger partial charge on any atom is 0.239 e. The van der Waals surface area contributed by atoms with Crippen LogP contribution in [0, 0.1) is 0 Å². The van der Waals surface area contributed by atoms with Gasteiger partial charge in [-0.25, -0.2) is 13.6 Å². The summed E-state index contributed by atoms with van der Waals surface area (Å²) >= 11 is 7.29. The van der Waals surface area contributed by atoms with E-state index in [2.05, 4.69) is 4.99 Å². The minimum absolute atomic E-state index is 0.0271. The predicted octanol–water partition coefficient (Wildman–Crippen LogP) is 1.58. The summed E-state index contributed by atoms with van der Waals surface area (Å²) in [5.74, 6) is 0.334. The highest BCUT2D eigenvalue weighted by Gasteiger charge is 2.43. The van der Waals surface area contributed by atoms with Crippen LogP contribution in [0.25, 0.3) is 0 Å². The van der Waals surface area contributed by atoms with Crippen LogP contribution in [0.5, 0.6) is 0 Å². The Labute approximate surface area is 139 Å². The van der Waals surface area contributed by atoms with Crippen LogP contribution in [0.1, 0.15) is 19.4 Å². The maximum absolute atomic E-state index is 11.6. The topological polar surface area (TPSA) is 96.0 Å². The molecule has 0 amide bonds. The molecule has 1 saturated heterocycles. The van der Waals surface area contributed by atoms with Crippen molar-refractivity contribution in [3.8, 4) is 0 Å². The van der Waals surface area contributed by atoms with E-state index >= 15 is 0 Å². The van der Waals surface area contributed by atoms with Crippen LogP contribution in [-0.2, 0) is 15.7 Å². The largest absolute Gasteiger partial charge is 0.366 e. The summed E-state index contributed by atoms with van der Waals surface area (Å²) in [6, 6.07) is 4.42. The van der Waals surface area contributed by atoms with Gasteiger partial charge >= 0.3 is 0 Å². The van der Waals surface area contributed by atoms with E-state index in [9.17, 15) is 13.5 Å². The van der Waals surface area contributed by atoms with Crippen molar-refractivity contribution in [1.82, 2.24) is 4.90 Å². The molecule has 6 nitrogen and oxygen atoms in total. The molecule has 2 rings (SSSR count). The van der Waals surface area contributed by atoms with Gasteiger partial charge in [-0.2, -0.15) is 0 Å². The van der Waals surface area contributed by atoms with E-state index in [1.165, 1.54) is 23.9 Å². The summed E-state index contributed by atoms with van der Waals surface area (Å²) in [6.07, 6.45) is 0. The zero-order valence-corrected chi connectivity index (χ0v) is 14.8. The fraction of sp³-hybridized carbons (Fsp3) is 0.462. The van der Waals surface area contributed by atoms with Gasteiger partial charge in [0.25, 0.3) is 0 Å². The number of nitrogens with two attached hydrogens (primary N) is 1. The lowest BCUT2D eigenvalue weighted by Gasteiger charge is -2.31. The maximum atomic E-state index is 11.6. The van der Waals surface area contributed by atoms with Gasteiger partial charge in [0.2, 0.25) is 10.0 Å². The first-order valence-electron chi connectivity index (χ1n) is 6.55. The van der Waals surface area contributed by atoms with Gasteiger partial charge < -0.3 is 10.0 Å². The third-order valence-corrected chi connectivity index (χ3v) is 5.89. The first-order chi connectivity index (χ1) is 10.1. The highest BCUT2D eigenvalue weighted by molar-refractivity contribution is 8.14.